The first-order valence-corrected chi connectivity index (χ1v) is 11.7. The summed E-state index contributed by atoms with van der Waals surface area (Å²) in [5.41, 5.74) is 4.36. The minimum Gasteiger partial charge on any atom is -0.378 e. The fourth-order valence-corrected chi connectivity index (χ4v) is 5.36. The van der Waals surface area contributed by atoms with Crippen molar-refractivity contribution in [3.05, 3.63) is 71.8 Å². The molecular weight excluding hydrogens is 414 g/mol. The smallest absolute Gasteiger partial charge is 0.231 e. The molecule has 172 valence electrons. The molecule has 3 atom stereocenters. The molecule has 0 aromatic heterocycles. The van der Waals surface area contributed by atoms with E-state index in [9.17, 15) is 9.59 Å². The second-order valence-corrected chi connectivity index (χ2v) is 9.29. The lowest BCUT2D eigenvalue weighted by Crippen LogP contribution is -2.44. The Hall–Kier alpha value is -2.96. The molecule has 3 heterocycles. The molecule has 3 aliphatic rings. The zero-order valence-electron chi connectivity index (χ0n) is 19.3. The van der Waals surface area contributed by atoms with E-state index in [0.717, 1.165) is 37.7 Å². The normalized spacial score (nSPS) is 24.8. The Labute approximate surface area is 195 Å². The van der Waals surface area contributed by atoms with Gasteiger partial charge in [0.05, 0.1) is 25.2 Å². The third-order valence-corrected chi connectivity index (χ3v) is 7.15. The van der Waals surface area contributed by atoms with Gasteiger partial charge in [0.25, 0.3) is 0 Å². The summed E-state index contributed by atoms with van der Waals surface area (Å²) in [6.45, 7) is 5.91. The number of carbonyl (C=O) groups is 2. The largest absolute Gasteiger partial charge is 0.378 e. The highest BCUT2D eigenvalue weighted by atomic mass is 16.5. The first-order chi connectivity index (χ1) is 16.0. The van der Waals surface area contributed by atoms with E-state index in [2.05, 4.69) is 47.1 Å². The lowest BCUT2D eigenvalue weighted by molar-refractivity contribution is -0.122. The van der Waals surface area contributed by atoms with Gasteiger partial charge in [0, 0.05) is 44.1 Å². The maximum absolute atomic E-state index is 13.7. The number of amides is 1. The van der Waals surface area contributed by atoms with Crippen molar-refractivity contribution in [1.82, 2.24) is 4.90 Å². The Morgan fingerprint density at radius 3 is 2.70 bits per heavy atom. The van der Waals surface area contributed by atoms with E-state index in [-0.39, 0.29) is 29.7 Å². The van der Waals surface area contributed by atoms with Gasteiger partial charge in [-0.3, -0.25) is 14.5 Å². The van der Waals surface area contributed by atoms with Crippen LogP contribution in [0.4, 0.5) is 11.4 Å². The number of rotatable bonds is 5. The average Bonchev–Trinajstić information content (AvgIpc) is 3.10. The molecule has 1 amide bonds. The van der Waals surface area contributed by atoms with Crippen LogP contribution in [0.2, 0.25) is 0 Å². The standard InChI is InChI=1S/C27H31N3O3/c1-19-5-3-6-20(15-19)18-30-24-9-10-26(31)25(30)17-23(24)27(32)28(2)21-7-4-8-22(16-21)29-11-13-33-14-12-29/h3-10,15-16,23-25H,11-14,17-18H2,1-2H3/t23?,24-,25-/m0/s1. The Kier molecular flexibility index (Phi) is 6.04. The Balaban J connectivity index is 1.35. The molecule has 2 fully saturated rings. The molecule has 6 heteroatoms. The van der Waals surface area contributed by atoms with Gasteiger partial charge >= 0.3 is 0 Å². The van der Waals surface area contributed by atoms with Gasteiger partial charge in [-0.2, -0.15) is 0 Å². The molecule has 1 unspecified atom stereocenters. The molecule has 2 bridgehead atoms. The molecule has 2 saturated heterocycles. The quantitative estimate of drug-likeness (QED) is 0.708. The van der Waals surface area contributed by atoms with Crippen LogP contribution in [0.5, 0.6) is 0 Å². The lowest BCUT2D eigenvalue weighted by Gasteiger charge is -2.32. The highest BCUT2D eigenvalue weighted by molar-refractivity contribution is 6.00. The zero-order valence-corrected chi connectivity index (χ0v) is 19.3. The number of ketones is 1. The molecule has 6 nitrogen and oxygen atoms in total. The van der Waals surface area contributed by atoms with Crippen LogP contribution in [0, 0.1) is 12.8 Å². The monoisotopic (exact) mass is 445 g/mol. The summed E-state index contributed by atoms with van der Waals surface area (Å²) in [4.78, 5) is 32.6. The van der Waals surface area contributed by atoms with Gasteiger partial charge in [0.1, 0.15) is 0 Å². The first-order valence-electron chi connectivity index (χ1n) is 11.7. The molecule has 2 aromatic carbocycles. The number of morpholine rings is 1. The van der Waals surface area contributed by atoms with Crippen molar-refractivity contribution in [3.63, 3.8) is 0 Å². The Bertz CT molecular complexity index is 1080. The van der Waals surface area contributed by atoms with Crippen LogP contribution in [0.25, 0.3) is 0 Å². The van der Waals surface area contributed by atoms with Crippen molar-refractivity contribution in [1.29, 1.82) is 0 Å². The van der Waals surface area contributed by atoms with E-state index in [4.69, 9.17) is 4.74 Å². The van der Waals surface area contributed by atoms with Crippen LogP contribution in [0.1, 0.15) is 17.5 Å². The number of ether oxygens (including phenoxy) is 1. The molecule has 2 aromatic rings. The van der Waals surface area contributed by atoms with Crippen LogP contribution < -0.4 is 9.80 Å². The fraction of sp³-hybridized carbons (Fsp3) is 0.407. The summed E-state index contributed by atoms with van der Waals surface area (Å²) in [5.74, 6) is -0.0686. The summed E-state index contributed by atoms with van der Waals surface area (Å²) in [5, 5.41) is 0. The molecule has 0 spiro atoms. The number of hydrogen-bond donors (Lipinski definition) is 0. The fourth-order valence-electron chi connectivity index (χ4n) is 5.36. The van der Waals surface area contributed by atoms with Gasteiger partial charge in [0.15, 0.2) is 5.78 Å². The van der Waals surface area contributed by atoms with Gasteiger partial charge in [-0.25, -0.2) is 0 Å². The summed E-state index contributed by atoms with van der Waals surface area (Å²) in [6, 6.07) is 16.2. The molecule has 0 saturated carbocycles. The van der Waals surface area contributed by atoms with Crippen molar-refractivity contribution < 1.29 is 14.3 Å². The van der Waals surface area contributed by atoms with E-state index in [1.165, 1.54) is 11.1 Å². The van der Waals surface area contributed by atoms with E-state index in [1.807, 2.05) is 31.3 Å². The topological polar surface area (TPSA) is 53.1 Å². The molecule has 3 aliphatic heterocycles. The summed E-state index contributed by atoms with van der Waals surface area (Å²) >= 11 is 0. The SMILES string of the molecule is Cc1cccc(CN2[C@H]3CC(C(=O)N(C)c4cccc(N5CCOCC5)c4)[C@@H]2C=CC3=O)c1. The average molecular weight is 446 g/mol. The van der Waals surface area contributed by atoms with Crippen molar-refractivity contribution in [3.8, 4) is 0 Å². The second-order valence-electron chi connectivity index (χ2n) is 9.29. The molecule has 5 rings (SSSR count). The summed E-state index contributed by atoms with van der Waals surface area (Å²) in [7, 11) is 1.85. The van der Waals surface area contributed by atoms with Crippen LogP contribution >= 0.6 is 0 Å². The molecule has 0 aliphatic carbocycles. The molecule has 33 heavy (non-hydrogen) atoms. The molecule has 0 radical (unpaired) electrons. The zero-order chi connectivity index (χ0) is 22.9. The lowest BCUT2D eigenvalue weighted by atomic mass is 9.98. The highest BCUT2D eigenvalue weighted by Gasteiger charge is 2.48. The van der Waals surface area contributed by atoms with Gasteiger partial charge < -0.3 is 14.5 Å². The number of benzene rings is 2. The van der Waals surface area contributed by atoms with Gasteiger partial charge in [-0.05, 0) is 43.2 Å². The first kappa shape index (κ1) is 21.9. The Morgan fingerprint density at radius 2 is 1.91 bits per heavy atom. The second kappa shape index (κ2) is 9.12. The summed E-state index contributed by atoms with van der Waals surface area (Å²) < 4.78 is 5.47. The molecular formula is C27H31N3O3. The number of carbonyl (C=O) groups excluding carboxylic acids is 2. The van der Waals surface area contributed by atoms with Crippen LogP contribution in [-0.4, -0.2) is 62.0 Å². The number of aryl methyl sites for hydroxylation is 1. The highest BCUT2D eigenvalue weighted by Crippen LogP contribution is 2.38. The third kappa shape index (κ3) is 4.33. The maximum Gasteiger partial charge on any atom is 0.231 e. The van der Waals surface area contributed by atoms with E-state index < -0.39 is 0 Å². The minimum absolute atomic E-state index is 0.0643. The number of nitrogens with zero attached hydrogens (tertiary/aromatic N) is 3. The third-order valence-electron chi connectivity index (χ3n) is 7.15. The van der Waals surface area contributed by atoms with Gasteiger partial charge in [0.2, 0.25) is 5.91 Å². The summed E-state index contributed by atoms with van der Waals surface area (Å²) in [6.07, 6.45) is 4.17. The van der Waals surface area contributed by atoms with Crippen molar-refractivity contribution in [2.24, 2.45) is 5.92 Å². The minimum atomic E-state index is -0.237. The Morgan fingerprint density at radius 1 is 1.12 bits per heavy atom. The van der Waals surface area contributed by atoms with Gasteiger partial charge in [-0.1, -0.05) is 42.0 Å². The van der Waals surface area contributed by atoms with Crippen LogP contribution in [0.15, 0.2) is 60.7 Å². The molecule has 0 N–H and O–H groups in total. The number of fused-ring (bicyclic) bond motifs is 2. The number of anilines is 2. The van der Waals surface area contributed by atoms with E-state index in [1.54, 1.807) is 11.0 Å². The van der Waals surface area contributed by atoms with Crippen LogP contribution in [0.3, 0.4) is 0 Å². The maximum atomic E-state index is 13.7. The van der Waals surface area contributed by atoms with Crippen molar-refractivity contribution in [2.75, 3.05) is 43.2 Å². The van der Waals surface area contributed by atoms with Gasteiger partial charge in [-0.15, -0.1) is 0 Å². The predicted molar refractivity (Wildman–Crippen MR) is 129 cm³/mol. The number of hydrogen-bond acceptors (Lipinski definition) is 5. The predicted octanol–water partition coefficient (Wildman–Crippen LogP) is 3.19. The van der Waals surface area contributed by atoms with Crippen molar-refractivity contribution >= 4 is 23.1 Å². The van der Waals surface area contributed by atoms with Crippen molar-refractivity contribution in [2.45, 2.75) is 32.0 Å². The van der Waals surface area contributed by atoms with E-state index >= 15 is 0 Å². The van der Waals surface area contributed by atoms with Crippen LogP contribution in [-0.2, 0) is 20.9 Å². The van der Waals surface area contributed by atoms with E-state index in [0.29, 0.717) is 13.0 Å².